The average Bonchev–Trinajstić information content (AvgIpc) is 3.02. The molecule has 0 saturated carbocycles. The number of H-pyrrole nitrogens is 1. The normalized spacial score (nSPS) is 15.7. The summed E-state index contributed by atoms with van der Waals surface area (Å²) in [5, 5.41) is 11.4. The van der Waals surface area contributed by atoms with Gasteiger partial charge < -0.3 is 14.9 Å². The molecule has 0 unspecified atom stereocenters. The number of hydrogen-bond donors (Lipinski definition) is 2. The second-order valence-electron chi connectivity index (χ2n) is 8.11. The maximum atomic E-state index is 12.7. The highest BCUT2D eigenvalue weighted by Crippen LogP contribution is 2.24. The molecule has 0 radical (unpaired) electrons. The molecule has 1 aliphatic carbocycles. The first kappa shape index (κ1) is 19.4. The minimum Gasteiger partial charge on any atom is -0.325 e. The van der Waals surface area contributed by atoms with Crippen molar-refractivity contribution in [3.05, 3.63) is 63.3 Å². The summed E-state index contributed by atoms with van der Waals surface area (Å²) < 4.78 is 2.17. The third kappa shape index (κ3) is 3.69. The van der Waals surface area contributed by atoms with Crippen LogP contribution in [0.15, 0.2) is 35.1 Å². The van der Waals surface area contributed by atoms with Crippen LogP contribution in [0.25, 0.3) is 11.4 Å². The molecule has 0 atom stereocenters. The third-order valence-electron chi connectivity index (χ3n) is 6.01. The van der Waals surface area contributed by atoms with Gasteiger partial charge in [-0.25, -0.2) is 0 Å². The molecule has 0 bridgehead atoms. The summed E-state index contributed by atoms with van der Waals surface area (Å²) in [5.74, 6) is 1.28. The van der Waals surface area contributed by atoms with Crippen LogP contribution >= 0.6 is 0 Å². The number of benzene rings is 1. The van der Waals surface area contributed by atoms with Gasteiger partial charge in [0.25, 0.3) is 11.5 Å². The van der Waals surface area contributed by atoms with Gasteiger partial charge >= 0.3 is 0 Å². The molecule has 1 aliphatic heterocycles. The predicted octanol–water partition coefficient (Wildman–Crippen LogP) is 3.13. The molecule has 2 N–H and O–H groups in total. The molecule has 1 aromatic carbocycles. The van der Waals surface area contributed by atoms with E-state index in [1.165, 1.54) is 12.5 Å². The van der Waals surface area contributed by atoms with E-state index in [1.807, 2.05) is 12.1 Å². The molecule has 8 nitrogen and oxygen atoms in total. The fourth-order valence-electron chi connectivity index (χ4n) is 4.34. The lowest BCUT2D eigenvalue weighted by Gasteiger charge is -2.15. The van der Waals surface area contributed by atoms with Crippen molar-refractivity contribution in [3.8, 4) is 11.4 Å². The van der Waals surface area contributed by atoms with Gasteiger partial charge in [-0.3, -0.25) is 14.4 Å². The van der Waals surface area contributed by atoms with Gasteiger partial charge in [0.1, 0.15) is 11.4 Å². The number of anilines is 1. The zero-order valence-electron chi connectivity index (χ0n) is 17.1. The standard InChI is InChI=1S/C23H23N5O3/c29-19-6-4-5-18-16(19)13-17(23(31)25-18)22(30)24-15-10-8-14(9-11-15)21-27-26-20-7-2-1-3-12-28(20)21/h8-11,13H,1-7,12H2,(H,24,30)(H,25,31). The molecular formula is C23H23N5O3. The van der Waals surface area contributed by atoms with Crippen LogP contribution in [0.4, 0.5) is 5.69 Å². The Kier molecular flexibility index (Phi) is 4.97. The number of amides is 1. The number of ketones is 1. The average molecular weight is 417 g/mol. The minimum atomic E-state index is -0.536. The number of Topliss-reactive ketones (excluding diaryl/α,β-unsaturated/α-hetero) is 1. The molecule has 0 saturated heterocycles. The lowest BCUT2D eigenvalue weighted by Crippen LogP contribution is -2.27. The number of hydrogen-bond acceptors (Lipinski definition) is 5. The maximum Gasteiger partial charge on any atom is 0.261 e. The highest BCUT2D eigenvalue weighted by atomic mass is 16.2. The van der Waals surface area contributed by atoms with E-state index in [0.717, 1.165) is 49.4 Å². The Morgan fingerprint density at radius 2 is 1.81 bits per heavy atom. The van der Waals surface area contributed by atoms with Crippen molar-refractivity contribution in [2.45, 2.75) is 51.5 Å². The second-order valence-corrected chi connectivity index (χ2v) is 8.11. The predicted molar refractivity (Wildman–Crippen MR) is 115 cm³/mol. The molecular weight excluding hydrogens is 394 g/mol. The molecule has 158 valence electrons. The van der Waals surface area contributed by atoms with E-state index in [2.05, 4.69) is 25.1 Å². The number of carbonyl (C=O) groups excluding carboxylic acids is 2. The number of rotatable bonds is 3. The van der Waals surface area contributed by atoms with Crippen LogP contribution in [0.2, 0.25) is 0 Å². The molecule has 2 aliphatic rings. The summed E-state index contributed by atoms with van der Waals surface area (Å²) in [5.41, 5.74) is 2.02. The van der Waals surface area contributed by atoms with Crippen molar-refractivity contribution in [1.82, 2.24) is 19.7 Å². The van der Waals surface area contributed by atoms with Crippen molar-refractivity contribution in [1.29, 1.82) is 0 Å². The van der Waals surface area contributed by atoms with E-state index >= 15 is 0 Å². The summed E-state index contributed by atoms with van der Waals surface area (Å²) in [7, 11) is 0. The Morgan fingerprint density at radius 1 is 0.968 bits per heavy atom. The van der Waals surface area contributed by atoms with E-state index in [-0.39, 0.29) is 11.3 Å². The Hall–Kier alpha value is -3.55. The number of aromatic nitrogens is 4. The zero-order valence-corrected chi connectivity index (χ0v) is 17.1. The summed E-state index contributed by atoms with van der Waals surface area (Å²) in [4.78, 5) is 39.9. The molecule has 5 rings (SSSR count). The minimum absolute atomic E-state index is 0.0386. The Balaban J connectivity index is 1.37. The lowest BCUT2D eigenvalue weighted by molar-refractivity contribution is 0.0971. The zero-order chi connectivity index (χ0) is 21.4. The Bertz CT molecular complexity index is 1220. The summed E-state index contributed by atoms with van der Waals surface area (Å²) in [6, 6.07) is 8.76. The van der Waals surface area contributed by atoms with Gasteiger partial charge in [0.15, 0.2) is 11.6 Å². The van der Waals surface area contributed by atoms with Crippen molar-refractivity contribution in [2.24, 2.45) is 0 Å². The summed E-state index contributed by atoms with van der Waals surface area (Å²) >= 11 is 0. The van der Waals surface area contributed by atoms with Gasteiger partial charge in [-0.15, -0.1) is 10.2 Å². The highest BCUT2D eigenvalue weighted by Gasteiger charge is 2.22. The van der Waals surface area contributed by atoms with Crippen LogP contribution in [0, 0.1) is 0 Å². The SMILES string of the molecule is O=C1CCCc2[nH]c(=O)c(C(=O)Nc3ccc(-c4nnc5n4CCCCC5)cc3)cc21. The van der Waals surface area contributed by atoms with Crippen LogP contribution in [0.1, 0.15) is 64.3 Å². The van der Waals surface area contributed by atoms with E-state index in [4.69, 9.17) is 0 Å². The maximum absolute atomic E-state index is 12.7. The van der Waals surface area contributed by atoms with Gasteiger partial charge in [-0.2, -0.15) is 0 Å². The molecule has 0 fully saturated rings. The molecule has 1 amide bonds. The number of nitrogens with zero attached hydrogens (tertiary/aromatic N) is 3. The molecule has 3 heterocycles. The van der Waals surface area contributed by atoms with E-state index in [1.54, 1.807) is 12.1 Å². The fraction of sp³-hybridized carbons (Fsp3) is 0.348. The van der Waals surface area contributed by atoms with Gasteiger partial charge in [-0.1, -0.05) is 6.42 Å². The molecule has 8 heteroatoms. The van der Waals surface area contributed by atoms with E-state index < -0.39 is 11.5 Å². The van der Waals surface area contributed by atoms with Gasteiger partial charge in [0.2, 0.25) is 0 Å². The van der Waals surface area contributed by atoms with Crippen molar-refractivity contribution in [2.75, 3.05) is 5.32 Å². The summed E-state index contributed by atoms with van der Waals surface area (Å²) in [6.45, 7) is 0.913. The highest BCUT2D eigenvalue weighted by molar-refractivity contribution is 6.06. The lowest BCUT2D eigenvalue weighted by atomic mass is 9.93. The van der Waals surface area contributed by atoms with Crippen LogP contribution < -0.4 is 10.9 Å². The van der Waals surface area contributed by atoms with Crippen LogP contribution in [0.3, 0.4) is 0 Å². The Morgan fingerprint density at radius 3 is 2.65 bits per heavy atom. The quantitative estimate of drug-likeness (QED) is 0.680. The van der Waals surface area contributed by atoms with Crippen LogP contribution in [0.5, 0.6) is 0 Å². The topological polar surface area (TPSA) is 110 Å². The van der Waals surface area contributed by atoms with Crippen LogP contribution in [-0.4, -0.2) is 31.4 Å². The number of fused-ring (bicyclic) bond motifs is 2. The van der Waals surface area contributed by atoms with Crippen molar-refractivity contribution < 1.29 is 9.59 Å². The first-order chi connectivity index (χ1) is 15.1. The first-order valence-electron chi connectivity index (χ1n) is 10.7. The molecule has 2 aromatic heterocycles. The monoisotopic (exact) mass is 417 g/mol. The van der Waals surface area contributed by atoms with E-state index in [0.29, 0.717) is 29.8 Å². The van der Waals surface area contributed by atoms with Crippen molar-refractivity contribution >= 4 is 17.4 Å². The number of aromatic amines is 1. The van der Waals surface area contributed by atoms with E-state index in [9.17, 15) is 14.4 Å². The van der Waals surface area contributed by atoms with Crippen LogP contribution in [-0.2, 0) is 19.4 Å². The fourth-order valence-corrected chi connectivity index (χ4v) is 4.34. The second kappa shape index (κ2) is 7.94. The number of pyridine rings is 1. The number of aryl methyl sites for hydroxylation is 2. The third-order valence-corrected chi connectivity index (χ3v) is 6.01. The first-order valence-corrected chi connectivity index (χ1v) is 10.7. The molecule has 3 aromatic rings. The molecule has 0 spiro atoms. The smallest absolute Gasteiger partial charge is 0.261 e. The summed E-state index contributed by atoms with van der Waals surface area (Å²) in [6.07, 6.45) is 6.19. The molecule has 31 heavy (non-hydrogen) atoms. The van der Waals surface area contributed by atoms with Gasteiger partial charge in [0, 0.05) is 41.9 Å². The van der Waals surface area contributed by atoms with Gasteiger partial charge in [0.05, 0.1) is 0 Å². The number of nitrogens with one attached hydrogen (secondary N) is 2. The van der Waals surface area contributed by atoms with Gasteiger partial charge in [-0.05, 0) is 56.0 Å². The number of carbonyl (C=O) groups is 2. The largest absolute Gasteiger partial charge is 0.325 e. The van der Waals surface area contributed by atoms with Crippen molar-refractivity contribution in [3.63, 3.8) is 0 Å². The Labute approximate surface area is 178 Å².